The molecule has 0 amide bonds. The smallest absolute Gasteiger partial charge is 0.200 e. The first-order valence-corrected chi connectivity index (χ1v) is 11.0. The lowest BCUT2D eigenvalue weighted by Gasteiger charge is -2.09. The molecule has 0 saturated heterocycles. The molecule has 8 heteroatoms. The van der Waals surface area contributed by atoms with Crippen LogP contribution in [0.5, 0.6) is 0 Å². The summed E-state index contributed by atoms with van der Waals surface area (Å²) in [5.74, 6) is 0.355. The van der Waals surface area contributed by atoms with Crippen LogP contribution in [0.3, 0.4) is 0 Å². The summed E-state index contributed by atoms with van der Waals surface area (Å²) in [5, 5.41) is 5.05. The first-order valence-electron chi connectivity index (χ1n) is 7.89. The molecule has 1 saturated carbocycles. The van der Waals surface area contributed by atoms with Crippen molar-refractivity contribution in [1.82, 2.24) is 5.16 Å². The molecule has 1 aliphatic carbocycles. The molecule has 2 aromatic rings. The van der Waals surface area contributed by atoms with Gasteiger partial charge in [0.2, 0.25) is 5.78 Å². The molecule has 0 radical (unpaired) electrons. The van der Waals surface area contributed by atoms with Gasteiger partial charge in [-0.25, -0.2) is 8.42 Å². The predicted molar refractivity (Wildman–Crippen MR) is 97.5 cm³/mol. The monoisotopic (exact) mass is 399 g/mol. The molecule has 3 rings (SSSR count). The summed E-state index contributed by atoms with van der Waals surface area (Å²) in [6.45, 7) is 3.99. The van der Waals surface area contributed by atoms with Gasteiger partial charge in [0.25, 0.3) is 0 Å². The second-order valence-corrected chi connectivity index (χ2v) is 10.4. The van der Waals surface area contributed by atoms with E-state index in [1.54, 1.807) is 0 Å². The van der Waals surface area contributed by atoms with Crippen molar-refractivity contribution in [2.45, 2.75) is 47.8 Å². The first-order chi connectivity index (χ1) is 11.7. The van der Waals surface area contributed by atoms with Gasteiger partial charge in [-0.2, -0.15) is 0 Å². The quantitative estimate of drug-likeness (QED) is 0.531. The Hall–Kier alpha value is -1.31. The van der Waals surface area contributed by atoms with Crippen LogP contribution in [0.4, 0.5) is 0 Å². The van der Waals surface area contributed by atoms with Crippen molar-refractivity contribution in [2.24, 2.45) is 0 Å². The standard InChI is InChI=1S/C17H18ClNO4S2/c1-9(2)24-17-14(16(23-19-17)10-4-5-10)15(20)12-7-6-11(18)8-13(12)25(3,21)22/h6-10H,4-5H2,1-3H3. The van der Waals surface area contributed by atoms with Crippen LogP contribution in [-0.2, 0) is 9.84 Å². The van der Waals surface area contributed by atoms with Crippen molar-refractivity contribution in [2.75, 3.05) is 6.26 Å². The van der Waals surface area contributed by atoms with Crippen molar-refractivity contribution in [3.63, 3.8) is 0 Å². The van der Waals surface area contributed by atoms with Gasteiger partial charge in [0.15, 0.2) is 20.6 Å². The molecule has 1 aromatic heterocycles. The van der Waals surface area contributed by atoms with Crippen LogP contribution in [0, 0.1) is 0 Å². The second kappa shape index (κ2) is 6.78. The maximum Gasteiger partial charge on any atom is 0.200 e. The highest BCUT2D eigenvalue weighted by Crippen LogP contribution is 2.45. The highest BCUT2D eigenvalue weighted by molar-refractivity contribution is 7.99. The molecule has 1 aromatic carbocycles. The van der Waals surface area contributed by atoms with Crippen LogP contribution in [0.2, 0.25) is 5.02 Å². The van der Waals surface area contributed by atoms with E-state index >= 15 is 0 Å². The van der Waals surface area contributed by atoms with E-state index < -0.39 is 9.84 Å². The SMILES string of the molecule is CC(C)Sc1noc(C2CC2)c1C(=O)c1ccc(Cl)cc1S(C)(=O)=O. The average molecular weight is 400 g/mol. The van der Waals surface area contributed by atoms with Crippen molar-refractivity contribution in [3.05, 3.63) is 40.1 Å². The lowest BCUT2D eigenvalue weighted by atomic mass is 10.0. The molecule has 1 heterocycles. The third kappa shape index (κ3) is 3.93. The summed E-state index contributed by atoms with van der Waals surface area (Å²) in [6.07, 6.45) is 2.95. The summed E-state index contributed by atoms with van der Waals surface area (Å²) >= 11 is 7.36. The topological polar surface area (TPSA) is 77.2 Å². The van der Waals surface area contributed by atoms with Crippen molar-refractivity contribution in [1.29, 1.82) is 0 Å². The number of carbonyl (C=O) groups excluding carboxylic acids is 1. The Labute approximate surface area is 156 Å². The number of sulfone groups is 1. The van der Waals surface area contributed by atoms with E-state index in [-0.39, 0.29) is 32.4 Å². The lowest BCUT2D eigenvalue weighted by molar-refractivity contribution is 0.103. The minimum Gasteiger partial charge on any atom is -0.359 e. The third-order valence-electron chi connectivity index (χ3n) is 3.80. The molecule has 0 aliphatic heterocycles. The Bertz CT molecular complexity index is 930. The Morgan fingerprint density at radius 3 is 2.60 bits per heavy atom. The lowest BCUT2D eigenvalue weighted by Crippen LogP contribution is -2.11. The highest BCUT2D eigenvalue weighted by Gasteiger charge is 2.36. The van der Waals surface area contributed by atoms with Gasteiger partial charge in [-0.05, 0) is 31.0 Å². The fourth-order valence-electron chi connectivity index (χ4n) is 2.55. The van der Waals surface area contributed by atoms with E-state index in [0.717, 1.165) is 19.1 Å². The zero-order chi connectivity index (χ0) is 18.4. The Kier molecular flexibility index (Phi) is 5.01. The second-order valence-electron chi connectivity index (χ2n) is 6.41. The maximum absolute atomic E-state index is 13.2. The van der Waals surface area contributed by atoms with Gasteiger partial charge in [0.1, 0.15) is 0 Å². The minimum absolute atomic E-state index is 0.0755. The van der Waals surface area contributed by atoms with E-state index in [0.29, 0.717) is 16.3 Å². The van der Waals surface area contributed by atoms with Gasteiger partial charge >= 0.3 is 0 Å². The molecule has 0 atom stereocenters. The van der Waals surface area contributed by atoms with E-state index in [2.05, 4.69) is 5.16 Å². The Morgan fingerprint density at radius 2 is 2.04 bits per heavy atom. The number of aromatic nitrogens is 1. The van der Waals surface area contributed by atoms with Crippen molar-refractivity contribution in [3.8, 4) is 0 Å². The molecular weight excluding hydrogens is 382 g/mol. The number of rotatable bonds is 6. The normalized spacial score (nSPS) is 14.9. The first kappa shape index (κ1) is 18.5. The summed E-state index contributed by atoms with van der Waals surface area (Å²) in [6, 6.07) is 4.28. The number of hydrogen-bond donors (Lipinski definition) is 0. The fraction of sp³-hybridized carbons (Fsp3) is 0.412. The largest absolute Gasteiger partial charge is 0.359 e. The van der Waals surface area contributed by atoms with Gasteiger partial charge in [0.05, 0.1) is 10.5 Å². The van der Waals surface area contributed by atoms with E-state index in [1.165, 1.54) is 30.0 Å². The number of thioether (sulfide) groups is 1. The Morgan fingerprint density at radius 1 is 1.36 bits per heavy atom. The number of benzene rings is 1. The van der Waals surface area contributed by atoms with Crippen molar-refractivity contribution >= 4 is 39.0 Å². The number of ketones is 1. The van der Waals surface area contributed by atoms with Gasteiger partial charge in [0, 0.05) is 28.0 Å². The third-order valence-corrected chi connectivity index (χ3v) is 6.14. The molecule has 1 aliphatic rings. The Balaban J connectivity index is 2.15. The van der Waals surface area contributed by atoms with Gasteiger partial charge in [-0.3, -0.25) is 4.79 Å². The van der Waals surface area contributed by atoms with Crippen LogP contribution in [0.25, 0.3) is 0 Å². The molecule has 0 unspecified atom stereocenters. The number of hydrogen-bond acceptors (Lipinski definition) is 6. The summed E-state index contributed by atoms with van der Waals surface area (Å²) < 4.78 is 29.7. The van der Waals surface area contributed by atoms with Crippen molar-refractivity contribution < 1.29 is 17.7 Å². The van der Waals surface area contributed by atoms with E-state index in [9.17, 15) is 13.2 Å². The highest BCUT2D eigenvalue weighted by atomic mass is 35.5. The zero-order valence-corrected chi connectivity index (χ0v) is 16.5. The van der Waals surface area contributed by atoms with Gasteiger partial charge in [-0.15, -0.1) is 0 Å². The van der Waals surface area contributed by atoms with Gasteiger partial charge < -0.3 is 4.52 Å². The molecule has 0 spiro atoms. The number of carbonyl (C=O) groups is 1. The van der Waals surface area contributed by atoms with Gasteiger partial charge in [-0.1, -0.05) is 42.4 Å². The molecule has 25 heavy (non-hydrogen) atoms. The molecule has 134 valence electrons. The molecule has 0 N–H and O–H groups in total. The molecule has 1 fully saturated rings. The minimum atomic E-state index is -3.61. The van der Waals surface area contributed by atoms with Crippen LogP contribution in [0.15, 0.2) is 32.6 Å². The molecular formula is C17H18ClNO4S2. The van der Waals surface area contributed by atoms with E-state index in [1.807, 2.05) is 13.8 Å². The van der Waals surface area contributed by atoms with Crippen LogP contribution >= 0.6 is 23.4 Å². The molecule has 0 bridgehead atoms. The average Bonchev–Trinajstić information content (AvgIpc) is 3.27. The summed E-state index contributed by atoms with van der Waals surface area (Å²) in [4.78, 5) is 13.1. The van der Waals surface area contributed by atoms with Crippen LogP contribution in [-0.4, -0.2) is 30.9 Å². The fourth-order valence-corrected chi connectivity index (χ4v) is 4.53. The zero-order valence-electron chi connectivity index (χ0n) is 14.1. The van der Waals surface area contributed by atoms with Crippen LogP contribution in [0.1, 0.15) is 54.3 Å². The predicted octanol–water partition coefficient (Wildman–Crippen LogP) is 4.34. The van der Waals surface area contributed by atoms with Crippen LogP contribution < -0.4 is 0 Å². The summed E-state index contributed by atoms with van der Waals surface area (Å²) in [5.41, 5.74) is 0.482. The summed E-state index contributed by atoms with van der Waals surface area (Å²) in [7, 11) is -3.61. The van der Waals surface area contributed by atoms with E-state index in [4.69, 9.17) is 16.1 Å². The molecule has 5 nitrogen and oxygen atoms in total. The maximum atomic E-state index is 13.2. The number of halogens is 1. The number of nitrogens with zero attached hydrogens (tertiary/aromatic N) is 1.